The third kappa shape index (κ3) is 9.55. The summed E-state index contributed by atoms with van der Waals surface area (Å²) in [5.74, 6) is -5.51. The van der Waals surface area contributed by atoms with E-state index in [0.717, 1.165) is 39.4 Å². The van der Waals surface area contributed by atoms with Gasteiger partial charge in [0, 0.05) is 50.5 Å². The Morgan fingerprint density at radius 2 is 1.52 bits per heavy atom. The van der Waals surface area contributed by atoms with Gasteiger partial charge in [-0.15, -0.1) is 0 Å². The van der Waals surface area contributed by atoms with Gasteiger partial charge in [-0.1, -0.05) is 0 Å². The van der Waals surface area contributed by atoms with Crippen LogP contribution in [-0.2, 0) is 27.9 Å². The predicted octanol–water partition coefficient (Wildman–Crippen LogP) is 1.98. The molecule has 190 valence electrons. The number of aromatic nitrogens is 2. The Balaban J connectivity index is 0.000000324. The van der Waals surface area contributed by atoms with Crippen molar-refractivity contribution in [1.82, 2.24) is 19.6 Å². The Kier molecular flexibility index (Phi) is 10.1. The number of carboxylic acids is 2. The molecular weight excluding hydrogens is 466 g/mol. The van der Waals surface area contributed by atoms with Crippen LogP contribution in [0.3, 0.4) is 0 Å². The summed E-state index contributed by atoms with van der Waals surface area (Å²) in [6.45, 7) is 6.20. The highest BCUT2D eigenvalue weighted by Gasteiger charge is 2.40. The summed E-state index contributed by atoms with van der Waals surface area (Å²) in [5.41, 5.74) is 1.61. The average Bonchev–Trinajstić information content (AvgIpc) is 3.10. The van der Waals surface area contributed by atoms with E-state index in [2.05, 4.69) is 28.1 Å². The van der Waals surface area contributed by atoms with Crippen LogP contribution in [0.5, 0.6) is 0 Å². The summed E-state index contributed by atoms with van der Waals surface area (Å²) in [4.78, 5) is 22.8. The SMILES string of the molecule is CN1CCOCC12CCN(Cc1cnn(C)c1)CC2.O=C(O)C(F)(F)F.O=C(O)C(F)(F)F. The molecule has 0 atom stereocenters. The van der Waals surface area contributed by atoms with Gasteiger partial charge in [0.25, 0.3) is 0 Å². The molecule has 0 radical (unpaired) electrons. The van der Waals surface area contributed by atoms with Gasteiger partial charge in [0.2, 0.25) is 0 Å². The van der Waals surface area contributed by atoms with Gasteiger partial charge in [-0.05, 0) is 19.9 Å². The number of alkyl halides is 6. The summed E-state index contributed by atoms with van der Waals surface area (Å²) in [5, 5.41) is 18.5. The monoisotopic (exact) mass is 492 g/mol. The lowest BCUT2D eigenvalue weighted by molar-refractivity contribution is -0.193. The average molecular weight is 492 g/mol. The zero-order chi connectivity index (χ0) is 25.4. The highest BCUT2D eigenvalue weighted by atomic mass is 19.4. The molecule has 2 aliphatic heterocycles. The van der Waals surface area contributed by atoms with E-state index in [4.69, 9.17) is 24.5 Å². The van der Waals surface area contributed by atoms with Crippen LogP contribution in [0.15, 0.2) is 12.4 Å². The smallest absolute Gasteiger partial charge is 0.475 e. The van der Waals surface area contributed by atoms with Gasteiger partial charge in [0.15, 0.2) is 0 Å². The highest BCUT2D eigenvalue weighted by Crippen LogP contribution is 2.31. The number of rotatable bonds is 2. The second-order valence-corrected chi connectivity index (χ2v) is 7.60. The van der Waals surface area contributed by atoms with Crippen molar-refractivity contribution < 1.29 is 50.9 Å². The molecule has 3 heterocycles. The molecule has 1 aromatic heterocycles. The fourth-order valence-electron chi connectivity index (χ4n) is 3.28. The van der Waals surface area contributed by atoms with E-state index < -0.39 is 24.3 Å². The second kappa shape index (κ2) is 11.7. The Morgan fingerprint density at radius 3 is 1.88 bits per heavy atom. The normalized spacial score (nSPS) is 19.2. The van der Waals surface area contributed by atoms with Gasteiger partial charge in [0.05, 0.1) is 19.4 Å². The topological polar surface area (TPSA) is 108 Å². The first-order valence-corrected chi connectivity index (χ1v) is 9.66. The summed E-state index contributed by atoms with van der Waals surface area (Å²) < 4.78 is 71.1. The number of likely N-dealkylation sites (N-methyl/N-ethyl adjacent to an activating group) is 1. The standard InChI is InChI=1S/C14H24N4O.2C2HF3O2/c1-16-7-8-19-12-14(16)3-5-18(6-4-14)11-13-9-15-17(2)10-13;2*3-2(4,5)1(6)7/h9-10H,3-8,11-12H2,1-2H3;2*(H,6,7). The third-order valence-electron chi connectivity index (χ3n) is 5.19. The molecule has 15 heteroatoms. The number of carbonyl (C=O) groups is 2. The maximum absolute atomic E-state index is 10.6. The molecule has 2 N–H and O–H groups in total. The molecule has 33 heavy (non-hydrogen) atoms. The third-order valence-corrected chi connectivity index (χ3v) is 5.19. The van der Waals surface area contributed by atoms with Gasteiger partial charge in [-0.25, -0.2) is 9.59 Å². The Hall–Kier alpha value is -2.39. The lowest BCUT2D eigenvalue weighted by Gasteiger charge is -2.49. The molecule has 0 amide bonds. The van der Waals surface area contributed by atoms with E-state index in [1.54, 1.807) is 0 Å². The zero-order valence-corrected chi connectivity index (χ0v) is 18.0. The van der Waals surface area contributed by atoms with Crippen molar-refractivity contribution in [2.75, 3.05) is 39.9 Å². The Labute approximate surface area is 185 Å². The summed E-state index contributed by atoms with van der Waals surface area (Å²) >= 11 is 0. The van der Waals surface area contributed by atoms with Crippen molar-refractivity contribution in [3.63, 3.8) is 0 Å². The van der Waals surface area contributed by atoms with E-state index >= 15 is 0 Å². The molecule has 0 unspecified atom stereocenters. The summed E-state index contributed by atoms with van der Waals surface area (Å²) in [6.07, 6.45) is -3.66. The van der Waals surface area contributed by atoms with Crippen LogP contribution in [0.1, 0.15) is 18.4 Å². The minimum absolute atomic E-state index is 0.295. The van der Waals surface area contributed by atoms with E-state index in [1.807, 2.05) is 17.9 Å². The van der Waals surface area contributed by atoms with Crippen molar-refractivity contribution in [2.45, 2.75) is 37.3 Å². The fourth-order valence-corrected chi connectivity index (χ4v) is 3.28. The molecule has 0 bridgehead atoms. The lowest BCUT2D eigenvalue weighted by atomic mass is 9.85. The largest absolute Gasteiger partial charge is 0.490 e. The van der Waals surface area contributed by atoms with Crippen molar-refractivity contribution in [3.8, 4) is 0 Å². The van der Waals surface area contributed by atoms with Crippen LogP contribution >= 0.6 is 0 Å². The molecule has 9 nitrogen and oxygen atoms in total. The first-order valence-electron chi connectivity index (χ1n) is 9.66. The molecule has 0 aliphatic carbocycles. The van der Waals surface area contributed by atoms with Crippen LogP contribution in [0, 0.1) is 0 Å². The number of ether oxygens (including phenoxy) is 1. The minimum Gasteiger partial charge on any atom is -0.475 e. The molecule has 1 spiro atoms. The van der Waals surface area contributed by atoms with Crippen molar-refractivity contribution in [3.05, 3.63) is 18.0 Å². The van der Waals surface area contributed by atoms with E-state index in [1.165, 1.54) is 18.4 Å². The van der Waals surface area contributed by atoms with Crippen LogP contribution in [-0.4, -0.2) is 99.5 Å². The van der Waals surface area contributed by atoms with Gasteiger partial charge in [0.1, 0.15) is 0 Å². The van der Waals surface area contributed by atoms with Crippen LogP contribution in [0.25, 0.3) is 0 Å². The van der Waals surface area contributed by atoms with Crippen molar-refractivity contribution in [1.29, 1.82) is 0 Å². The zero-order valence-electron chi connectivity index (χ0n) is 18.0. The number of carboxylic acid groups (broad SMARTS) is 2. The molecular formula is C18H26F6N4O5. The number of aryl methyl sites for hydroxylation is 1. The number of hydrogen-bond acceptors (Lipinski definition) is 6. The molecule has 1 aromatic rings. The minimum atomic E-state index is -5.08. The quantitative estimate of drug-likeness (QED) is 0.604. The van der Waals surface area contributed by atoms with Gasteiger partial charge < -0.3 is 14.9 Å². The van der Waals surface area contributed by atoms with Crippen molar-refractivity contribution in [2.24, 2.45) is 7.05 Å². The van der Waals surface area contributed by atoms with Crippen molar-refractivity contribution >= 4 is 11.9 Å². The fraction of sp³-hybridized carbons (Fsp3) is 0.722. The second-order valence-electron chi connectivity index (χ2n) is 7.60. The molecule has 3 rings (SSSR count). The van der Waals surface area contributed by atoms with E-state index in [0.29, 0.717) is 5.54 Å². The number of likely N-dealkylation sites (tertiary alicyclic amines) is 1. The maximum Gasteiger partial charge on any atom is 0.490 e. The van der Waals surface area contributed by atoms with Crippen LogP contribution in [0.4, 0.5) is 26.3 Å². The van der Waals surface area contributed by atoms with E-state index in [9.17, 15) is 26.3 Å². The summed E-state index contributed by atoms with van der Waals surface area (Å²) in [7, 11) is 4.22. The molecule has 2 fully saturated rings. The molecule has 2 saturated heterocycles. The number of piperidine rings is 1. The van der Waals surface area contributed by atoms with E-state index in [-0.39, 0.29) is 0 Å². The lowest BCUT2D eigenvalue weighted by Crippen LogP contribution is -2.59. The first-order chi connectivity index (χ1) is 15.1. The van der Waals surface area contributed by atoms with Gasteiger partial charge in [-0.2, -0.15) is 31.4 Å². The number of halogens is 6. The Morgan fingerprint density at radius 1 is 1.03 bits per heavy atom. The van der Waals surface area contributed by atoms with Crippen LogP contribution < -0.4 is 0 Å². The Bertz CT molecular complexity index is 751. The number of hydrogen-bond donors (Lipinski definition) is 2. The van der Waals surface area contributed by atoms with Crippen LogP contribution in [0.2, 0.25) is 0 Å². The molecule has 0 aromatic carbocycles. The highest BCUT2D eigenvalue weighted by molar-refractivity contribution is 5.73. The summed E-state index contributed by atoms with van der Waals surface area (Å²) in [6, 6.07) is 0. The molecule has 2 aliphatic rings. The number of morpholine rings is 1. The number of nitrogens with zero attached hydrogens (tertiary/aromatic N) is 4. The number of aliphatic carboxylic acids is 2. The van der Waals surface area contributed by atoms with Gasteiger partial charge >= 0.3 is 24.3 Å². The predicted molar refractivity (Wildman–Crippen MR) is 101 cm³/mol. The molecule has 0 saturated carbocycles. The maximum atomic E-state index is 10.6. The van der Waals surface area contributed by atoms with Gasteiger partial charge in [-0.3, -0.25) is 14.5 Å². The first kappa shape index (κ1) is 28.6.